The first-order valence-electron chi connectivity index (χ1n) is 6.83. The lowest BCUT2D eigenvalue weighted by atomic mass is 10.4. The molecule has 0 fully saturated rings. The first-order chi connectivity index (χ1) is 11.5. The quantitative estimate of drug-likeness (QED) is 0.752. The van der Waals surface area contributed by atoms with Crippen molar-refractivity contribution in [3.8, 4) is 5.88 Å². The summed E-state index contributed by atoms with van der Waals surface area (Å²) >= 11 is 1.27. The van der Waals surface area contributed by atoms with Crippen molar-refractivity contribution in [1.82, 2.24) is 19.7 Å². The minimum atomic E-state index is -0.723. The van der Waals surface area contributed by atoms with Gasteiger partial charge in [0.05, 0.1) is 23.1 Å². The summed E-state index contributed by atoms with van der Waals surface area (Å²) in [6, 6.07) is 2.91. The smallest absolute Gasteiger partial charge is 0.388 e. The molecule has 0 saturated heterocycles. The highest BCUT2D eigenvalue weighted by Crippen LogP contribution is 2.33. The van der Waals surface area contributed by atoms with Gasteiger partial charge < -0.3 is 10.1 Å². The average molecular weight is 348 g/mol. The summed E-state index contributed by atoms with van der Waals surface area (Å²) < 4.78 is 20.0. The molecule has 124 valence electrons. The number of amides is 1. The molecule has 3 rings (SSSR count). The summed E-state index contributed by atoms with van der Waals surface area (Å²) in [7, 11) is 1.73. The van der Waals surface area contributed by atoms with Gasteiger partial charge in [-0.25, -0.2) is 14.2 Å². The normalized spacial score (nSPS) is 10.5. The van der Waals surface area contributed by atoms with Crippen LogP contribution in [0.5, 0.6) is 5.88 Å². The van der Waals surface area contributed by atoms with E-state index in [1.165, 1.54) is 23.6 Å². The van der Waals surface area contributed by atoms with Gasteiger partial charge in [0.2, 0.25) is 0 Å². The molecule has 0 aromatic carbocycles. The average Bonchev–Trinajstić information content (AvgIpc) is 3.05. The Hall–Kier alpha value is -3.01. The Morgan fingerprint density at radius 2 is 2.25 bits per heavy atom. The Kier molecular flexibility index (Phi) is 4.38. The number of thiazole rings is 1. The zero-order valence-corrected chi connectivity index (χ0v) is 13.6. The van der Waals surface area contributed by atoms with Crippen molar-refractivity contribution in [2.75, 3.05) is 10.6 Å². The first kappa shape index (κ1) is 15.9. The van der Waals surface area contributed by atoms with Crippen LogP contribution in [-0.4, -0.2) is 25.8 Å². The van der Waals surface area contributed by atoms with Crippen molar-refractivity contribution in [1.29, 1.82) is 0 Å². The number of carbonyl (C=O) groups is 1. The van der Waals surface area contributed by atoms with Gasteiger partial charge in [0.15, 0.2) is 10.8 Å². The Balaban J connectivity index is 1.72. The van der Waals surface area contributed by atoms with E-state index in [9.17, 15) is 9.18 Å². The molecule has 8 nitrogen and oxygen atoms in total. The zero-order valence-electron chi connectivity index (χ0n) is 12.8. The number of hydrogen-bond donors (Lipinski definition) is 2. The third-order valence-electron chi connectivity index (χ3n) is 2.80. The molecule has 0 atom stereocenters. The van der Waals surface area contributed by atoms with E-state index < -0.39 is 11.9 Å². The van der Waals surface area contributed by atoms with Gasteiger partial charge in [-0.05, 0) is 6.92 Å². The highest BCUT2D eigenvalue weighted by atomic mass is 32.1. The number of aromatic nitrogens is 4. The van der Waals surface area contributed by atoms with Crippen molar-refractivity contribution >= 4 is 33.9 Å². The van der Waals surface area contributed by atoms with E-state index in [-0.39, 0.29) is 5.88 Å². The highest BCUT2D eigenvalue weighted by molar-refractivity contribution is 7.16. The fraction of sp³-hybridized carbons (Fsp3) is 0.143. The van der Waals surface area contributed by atoms with Gasteiger partial charge in [0, 0.05) is 25.4 Å². The highest BCUT2D eigenvalue weighted by Gasteiger charge is 2.16. The number of nitrogens with one attached hydrogen (secondary N) is 2. The van der Waals surface area contributed by atoms with Gasteiger partial charge in [-0.2, -0.15) is 5.10 Å². The fourth-order valence-corrected chi connectivity index (χ4v) is 2.63. The summed E-state index contributed by atoms with van der Waals surface area (Å²) in [6.45, 7) is 1.77. The van der Waals surface area contributed by atoms with Crippen molar-refractivity contribution in [2.45, 2.75) is 6.92 Å². The lowest BCUT2D eigenvalue weighted by Crippen LogP contribution is -2.17. The summed E-state index contributed by atoms with van der Waals surface area (Å²) in [5.41, 5.74) is 0.425. The van der Waals surface area contributed by atoms with Gasteiger partial charge in [-0.3, -0.25) is 15.0 Å². The predicted octanol–water partition coefficient (Wildman–Crippen LogP) is 3.07. The van der Waals surface area contributed by atoms with Gasteiger partial charge in [0.1, 0.15) is 5.82 Å². The van der Waals surface area contributed by atoms with Crippen molar-refractivity contribution in [3.63, 3.8) is 0 Å². The predicted molar refractivity (Wildman–Crippen MR) is 87.2 cm³/mol. The molecule has 24 heavy (non-hydrogen) atoms. The first-order valence-corrected chi connectivity index (χ1v) is 7.65. The Bertz CT molecular complexity index is 878. The molecule has 0 aliphatic heterocycles. The van der Waals surface area contributed by atoms with Crippen molar-refractivity contribution < 1.29 is 13.9 Å². The topological polar surface area (TPSA) is 94.0 Å². The molecule has 0 bridgehead atoms. The zero-order chi connectivity index (χ0) is 17.1. The molecule has 0 unspecified atom stereocenters. The van der Waals surface area contributed by atoms with E-state index in [0.29, 0.717) is 21.5 Å². The standard InChI is InChI=1S/C14H13FN6O2S/c1-8-17-12(23-14(22)19-11-3-4-21(2)20-11)13(24-8)18-10-5-9(15)6-16-7-10/h3-7,18H,1-2H3,(H,19,20,22). The minimum Gasteiger partial charge on any atom is -0.388 e. The lowest BCUT2D eigenvalue weighted by Gasteiger charge is -2.06. The molecule has 3 heterocycles. The number of aryl methyl sites for hydroxylation is 2. The van der Waals surface area contributed by atoms with Gasteiger partial charge in [-0.15, -0.1) is 0 Å². The SMILES string of the molecule is Cc1nc(OC(=O)Nc2ccn(C)n2)c(Nc2cncc(F)c2)s1. The van der Waals surface area contributed by atoms with Crippen molar-refractivity contribution in [2.24, 2.45) is 7.05 Å². The van der Waals surface area contributed by atoms with E-state index in [1.807, 2.05) is 0 Å². The van der Waals surface area contributed by atoms with E-state index in [2.05, 4.69) is 25.7 Å². The molecular weight excluding hydrogens is 335 g/mol. The van der Waals surface area contributed by atoms with E-state index in [4.69, 9.17) is 4.74 Å². The van der Waals surface area contributed by atoms with Crippen LogP contribution in [-0.2, 0) is 7.05 Å². The van der Waals surface area contributed by atoms with Crippen LogP contribution in [0.15, 0.2) is 30.7 Å². The number of nitrogens with zero attached hydrogens (tertiary/aromatic N) is 4. The van der Waals surface area contributed by atoms with Crippen LogP contribution in [0.2, 0.25) is 0 Å². The fourth-order valence-electron chi connectivity index (χ4n) is 1.87. The second-order valence-electron chi connectivity index (χ2n) is 4.77. The Morgan fingerprint density at radius 3 is 2.96 bits per heavy atom. The summed E-state index contributed by atoms with van der Waals surface area (Å²) in [6.07, 6.45) is 3.52. The van der Waals surface area contributed by atoms with Crippen LogP contribution in [0.3, 0.4) is 0 Å². The second kappa shape index (κ2) is 6.62. The monoisotopic (exact) mass is 348 g/mol. The maximum atomic E-state index is 13.2. The largest absolute Gasteiger partial charge is 0.419 e. The molecule has 0 saturated carbocycles. The molecule has 10 heteroatoms. The molecule has 3 aromatic heterocycles. The van der Waals surface area contributed by atoms with Crippen LogP contribution in [0.4, 0.5) is 25.7 Å². The van der Waals surface area contributed by atoms with Gasteiger partial charge in [0.25, 0.3) is 5.88 Å². The van der Waals surface area contributed by atoms with E-state index >= 15 is 0 Å². The second-order valence-corrected chi connectivity index (χ2v) is 5.98. The summed E-state index contributed by atoms with van der Waals surface area (Å²) in [5.74, 6) is -0.0231. The number of ether oxygens (including phenoxy) is 1. The molecule has 0 aliphatic carbocycles. The number of rotatable bonds is 4. The third-order valence-corrected chi connectivity index (χ3v) is 3.67. The number of anilines is 3. The Labute approximate surface area is 140 Å². The number of carbonyl (C=O) groups excluding carboxylic acids is 1. The van der Waals surface area contributed by atoms with Gasteiger partial charge >= 0.3 is 6.09 Å². The lowest BCUT2D eigenvalue weighted by molar-refractivity contribution is 0.213. The van der Waals surface area contributed by atoms with E-state index in [0.717, 1.165) is 6.20 Å². The summed E-state index contributed by atoms with van der Waals surface area (Å²) in [4.78, 5) is 19.8. The third kappa shape index (κ3) is 3.84. The van der Waals surface area contributed by atoms with Crippen LogP contribution in [0, 0.1) is 12.7 Å². The summed E-state index contributed by atoms with van der Waals surface area (Å²) in [5, 5.41) is 10.6. The van der Waals surface area contributed by atoms with Crippen LogP contribution in [0.25, 0.3) is 0 Å². The van der Waals surface area contributed by atoms with E-state index in [1.54, 1.807) is 30.9 Å². The maximum Gasteiger partial charge on any atom is 0.419 e. The number of pyridine rings is 1. The molecule has 2 N–H and O–H groups in total. The molecule has 1 amide bonds. The molecule has 0 aliphatic rings. The maximum absolute atomic E-state index is 13.2. The number of hydrogen-bond acceptors (Lipinski definition) is 7. The minimum absolute atomic E-state index is 0.0928. The van der Waals surface area contributed by atoms with Crippen LogP contribution in [0.1, 0.15) is 5.01 Å². The van der Waals surface area contributed by atoms with Gasteiger partial charge in [-0.1, -0.05) is 11.3 Å². The Morgan fingerprint density at radius 1 is 1.42 bits per heavy atom. The molecular formula is C14H13FN6O2S. The van der Waals surface area contributed by atoms with Crippen molar-refractivity contribution in [3.05, 3.63) is 41.5 Å². The van der Waals surface area contributed by atoms with Crippen LogP contribution < -0.4 is 15.4 Å². The molecule has 3 aromatic rings. The molecule has 0 radical (unpaired) electrons. The van der Waals surface area contributed by atoms with Crippen LogP contribution >= 0.6 is 11.3 Å². The number of halogens is 1. The molecule has 0 spiro atoms.